The summed E-state index contributed by atoms with van der Waals surface area (Å²) in [5, 5.41) is 0. The molecule has 2 aromatic carbocycles. The summed E-state index contributed by atoms with van der Waals surface area (Å²) in [6.07, 6.45) is 1.38. The van der Waals surface area contributed by atoms with Gasteiger partial charge < -0.3 is 9.64 Å². The van der Waals surface area contributed by atoms with Crippen LogP contribution >= 0.6 is 0 Å². The Kier molecular flexibility index (Phi) is 5.58. The van der Waals surface area contributed by atoms with Gasteiger partial charge in [0, 0.05) is 25.2 Å². The van der Waals surface area contributed by atoms with E-state index in [-0.39, 0.29) is 24.0 Å². The third kappa shape index (κ3) is 4.23. The van der Waals surface area contributed by atoms with Crippen molar-refractivity contribution in [2.24, 2.45) is 0 Å². The lowest BCUT2D eigenvalue weighted by atomic mass is 10.2. The van der Waals surface area contributed by atoms with Crippen molar-refractivity contribution in [3.8, 4) is 5.75 Å². The molecule has 1 heterocycles. The van der Waals surface area contributed by atoms with Gasteiger partial charge in [-0.15, -0.1) is 0 Å². The standard InChI is InChI=1S/C19H22N2O4S/c1-15-5-2-3-6-18(15)25-14-12-20-26(23,24)17-10-8-16(9-11-17)21-13-4-7-19(21)22/h2-3,5-6,8-11,20H,4,7,12-14H2,1H3. The molecule has 0 spiro atoms. The minimum atomic E-state index is -3.61. The molecule has 1 amide bonds. The van der Waals surface area contributed by atoms with Gasteiger partial charge in [0.25, 0.3) is 0 Å². The molecule has 0 aromatic heterocycles. The number of carbonyl (C=O) groups excluding carboxylic acids is 1. The van der Waals surface area contributed by atoms with Crippen LogP contribution in [-0.4, -0.2) is 34.0 Å². The zero-order valence-corrected chi connectivity index (χ0v) is 15.5. The van der Waals surface area contributed by atoms with Gasteiger partial charge in [0.15, 0.2) is 0 Å². The van der Waals surface area contributed by atoms with Crippen LogP contribution in [0.3, 0.4) is 0 Å². The molecule has 138 valence electrons. The number of anilines is 1. The highest BCUT2D eigenvalue weighted by atomic mass is 32.2. The highest BCUT2D eigenvalue weighted by Gasteiger charge is 2.22. The number of hydrogen-bond acceptors (Lipinski definition) is 4. The molecule has 3 rings (SSSR count). The van der Waals surface area contributed by atoms with E-state index in [4.69, 9.17) is 4.74 Å². The Morgan fingerprint density at radius 3 is 2.50 bits per heavy atom. The summed E-state index contributed by atoms with van der Waals surface area (Å²) in [4.78, 5) is 13.6. The van der Waals surface area contributed by atoms with Gasteiger partial charge in [-0.25, -0.2) is 13.1 Å². The van der Waals surface area contributed by atoms with Crippen LogP contribution in [0.2, 0.25) is 0 Å². The fourth-order valence-electron chi connectivity index (χ4n) is 2.87. The second-order valence-electron chi connectivity index (χ2n) is 6.15. The normalized spacial score (nSPS) is 14.7. The van der Waals surface area contributed by atoms with Gasteiger partial charge in [-0.2, -0.15) is 0 Å². The predicted molar refractivity (Wildman–Crippen MR) is 99.9 cm³/mol. The smallest absolute Gasteiger partial charge is 0.240 e. The van der Waals surface area contributed by atoms with Gasteiger partial charge in [0.05, 0.1) is 4.90 Å². The topological polar surface area (TPSA) is 75.7 Å². The molecule has 0 bridgehead atoms. The van der Waals surface area contributed by atoms with Crippen LogP contribution in [0.4, 0.5) is 5.69 Å². The van der Waals surface area contributed by atoms with E-state index in [9.17, 15) is 13.2 Å². The fraction of sp³-hybridized carbons (Fsp3) is 0.316. The molecule has 0 unspecified atom stereocenters. The molecule has 1 saturated heterocycles. The molecule has 26 heavy (non-hydrogen) atoms. The molecule has 6 nitrogen and oxygen atoms in total. The average molecular weight is 374 g/mol. The number of aryl methyl sites for hydroxylation is 1. The van der Waals surface area contributed by atoms with E-state index in [1.165, 1.54) is 12.1 Å². The maximum atomic E-state index is 12.4. The van der Waals surface area contributed by atoms with E-state index in [0.717, 1.165) is 23.4 Å². The number of hydrogen-bond donors (Lipinski definition) is 1. The lowest BCUT2D eigenvalue weighted by Crippen LogP contribution is -2.28. The third-order valence-corrected chi connectivity index (χ3v) is 5.75. The number of sulfonamides is 1. The lowest BCUT2D eigenvalue weighted by Gasteiger charge is -2.16. The summed E-state index contributed by atoms with van der Waals surface area (Å²) >= 11 is 0. The van der Waals surface area contributed by atoms with Crippen LogP contribution in [-0.2, 0) is 14.8 Å². The van der Waals surface area contributed by atoms with E-state index < -0.39 is 10.0 Å². The van der Waals surface area contributed by atoms with Gasteiger partial charge in [-0.3, -0.25) is 4.79 Å². The predicted octanol–water partition coefficient (Wildman–Crippen LogP) is 2.48. The summed E-state index contributed by atoms with van der Waals surface area (Å²) in [5.41, 5.74) is 1.73. The van der Waals surface area contributed by atoms with E-state index in [0.29, 0.717) is 13.0 Å². The van der Waals surface area contributed by atoms with Crippen LogP contribution in [0.5, 0.6) is 5.75 Å². The second-order valence-corrected chi connectivity index (χ2v) is 7.92. The number of benzene rings is 2. The minimum Gasteiger partial charge on any atom is -0.492 e. The van der Waals surface area contributed by atoms with E-state index in [2.05, 4.69) is 4.72 Å². The van der Waals surface area contributed by atoms with Crippen LogP contribution < -0.4 is 14.4 Å². The van der Waals surface area contributed by atoms with Crippen molar-refractivity contribution in [3.05, 3.63) is 54.1 Å². The van der Waals surface area contributed by atoms with Crippen LogP contribution in [0, 0.1) is 6.92 Å². The number of nitrogens with one attached hydrogen (secondary N) is 1. The first kappa shape index (κ1) is 18.4. The Morgan fingerprint density at radius 1 is 1.12 bits per heavy atom. The van der Waals surface area contributed by atoms with Gasteiger partial charge in [0.1, 0.15) is 12.4 Å². The first-order chi connectivity index (χ1) is 12.5. The number of rotatable bonds is 7. The Labute approximate surface area is 153 Å². The van der Waals surface area contributed by atoms with Crippen LogP contribution in [0.15, 0.2) is 53.4 Å². The summed E-state index contributed by atoms with van der Waals surface area (Å²) in [5.74, 6) is 0.818. The molecule has 0 radical (unpaired) electrons. The van der Waals surface area contributed by atoms with Crippen LogP contribution in [0.25, 0.3) is 0 Å². The molecule has 0 atom stereocenters. The van der Waals surface area contributed by atoms with Crippen molar-refractivity contribution in [1.82, 2.24) is 4.72 Å². The number of carbonyl (C=O) groups is 1. The Hall–Kier alpha value is -2.38. The Morgan fingerprint density at radius 2 is 1.85 bits per heavy atom. The molecule has 7 heteroatoms. The zero-order valence-electron chi connectivity index (χ0n) is 14.6. The molecule has 1 aliphatic rings. The first-order valence-electron chi connectivity index (χ1n) is 8.56. The second kappa shape index (κ2) is 7.88. The van der Waals surface area contributed by atoms with Gasteiger partial charge >= 0.3 is 0 Å². The SMILES string of the molecule is Cc1ccccc1OCCNS(=O)(=O)c1ccc(N2CCCC2=O)cc1. The van der Waals surface area contributed by atoms with Crippen molar-refractivity contribution >= 4 is 21.6 Å². The highest BCUT2D eigenvalue weighted by molar-refractivity contribution is 7.89. The average Bonchev–Trinajstić information content (AvgIpc) is 3.06. The molecule has 1 fully saturated rings. The largest absolute Gasteiger partial charge is 0.492 e. The van der Waals surface area contributed by atoms with Crippen molar-refractivity contribution in [2.75, 3.05) is 24.6 Å². The van der Waals surface area contributed by atoms with Crippen LogP contribution in [0.1, 0.15) is 18.4 Å². The molecule has 0 saturated carbocycles. The molecule has 2 aromatic rings. The van der Waals surface area contributed by atoms with E-state index in [1.807, 2.05) is 31.2 Å². The third-order valence-electron chi connectivity index (χ3n) is 4.28. The van der Waals surface area contributed by atoms with Crippen molar-refractivity contribution in [1.29, 1.82) is 0 Å². The van der Waals surface area contributed by atoms with Crippen molar-refractivity contribution < 1.29 is 17.9 Å². The van der Waals surface area contributed by atoms with Crippen molar-refractivity contribution in [3.63, 3.8) is 0 Å². The van der Waals surface area contributed by atoms with Crippen molar-refractivity contribution in [2.45, 2.75) is 24.7 Å². The lowest BCUT2D eigenvalue weighted by molar-refractivity contribution is -0.117. The Balaban J connectivity index is 1.56. The zero-order chi connectivity index (χ0) is 18.6. The number of amides is 1. The molecule has 1 N–H and O–H groups in total. The highest BCUT2D eigenvalue weighted by Crippen LogP contribution is 2.23. The van der Waals surface area contributed by atoms with Gasteiger partial charge in [0.2, 0.25) is 15.9 Å². The quantitative estimate of drug-likeness (QED) is 0.756. The molecule has 0 aliphatic carbocycles. The first-order valence-corrected chi connectivity index (χ1v) is 10.0. The maximum Gasteiger partial charge on any atom is 0.240 e. The van der Waals surface area contributed by atoms with E-state index in [1.54, 1.807) is 17.0 Å². The monoisotopic (exact) mass is 374 g/mol. The molecule has 1 aliphatic heterocycles. The van der Waals surface area contributed by atoms with Gasteiger partial charge in [-0.1, -0.05) is 18.2 Å². The maximum absolute atomic E-state index is 12.4. The number of nitrogens with zero attached hydrogens (tertiary/aromatic N) is 1. The minimum absolute atomic E-state index is 0.0760. The fourth-order valence-corrected chi connectivity index (χ4v) is 3.88. The van der Waals surface area contributed by atoms with Gasteiger partial charge in [-0.05, 0) is 49.2 Å². The van der Waals surface area contributed by atoms with E-state index >= 15 is 0 Å². The molecular formula is C19H22N2O4S. The Bertz CT molecular complexity index is 879. The summed E-state index contributed by atoms with van der Waals surface area (Å²) < 4.78 is 32.8. The summed E-state index contributed by atoms with van der Waals surface area (Å²) in [7, 11) is -3.61. The number of ether oxygens (including phenoxy) is 1. The number of para-hydroxylation sites is 1. The summed E-state index contributed by atoms with van der Waals surface area (Å²) in [6, 6.07) is 14.0. The molecular weight excluding hydrogens is 352 g/mol. The summed E-state index contributed by atoms with van der Waals surface area (Å²) in [6.45, 7) is 3.03.